The van der Waals surface area contributed by atoms with Gasteiger partial charge in [-0.1, -0.05) is 17.7 Å². The monoisotopic (exact) mass is 335 g/mol. The maximum atomic E-state index is 13.1. The average molecular weight is 336 g/mol. The van der Waals surface area contributed by atoms with Crippen LogP contribution in [0.1, 0.15) is 0 Å². The summed E-state index contributed by atoms with van der Waals surface area (Å²) < 4.78 is 13.1. The zero-order valence-electron chi connectivity index (χ0n) is 12.6. The summed E-state index contributed by atoms with van der Waals surface area (Å²) in [6.07, 6.45) is 0. The van der Waals surface area contributed by atoms with Crippen LogP contribution in [-0.2, 0) is 9.59 Å². The number of rotatable bonds is 3. The number of carbonyl (C=O) groups excluding carboxylic acids is 2. The molecule has 0 saturated carbocycles. The molecule has 0 heterocycles. The number of nitrogens with zero attached hydrogens (tertiary/aromatic N) is 1. The van der Waals surface area contributed by atoms with Crippen LogP contribution >= 0.6 is 11.6 Å². The normalized spacial score (nSPS) is 10.1. The second kappa shape index (κ2) is 7.11. The van der Waals surface area contributed by atoms with Gasteiger partial charge >= 0.3 is 11.8 Å². The number of halogens is 2. The topological polar surface area (TPSA) is 61.4 Å². The molecule has 2 amide bonds. The van der Waals surface area contributed by atoms with E-state index in [1.165, 1.54) is 12.1 Å². The summed E-state index contributed by atoms with van der Waals surface area (Å²) in [6, 6.07) is 10.7. The lowest BCUT2D eigenvalue weighted by molar-refractivity contribution is -0.132. The Kier molecular flexibility index (Phi) is 5.18. The molecule has 0 bridgehead atoms. The smallest absolute Gasteiger partial charge is 0.314 e. The Morgan fingerprint density at radius 3 is 2.17 bits per heavy atom. The average Bonchev–Trinajstić information content (AvgIpc) is 2.51. The summed E-state index contributed by atoms with van der Waals surface area (Å²) in [7, 11) is 3.73. The van der Waals surface area contributed by atoms with E-state index >= 15 is 0 Å². The number of anilines is 3. The molecule has 0 aliphatic rings. The van der Waals surface area contributed by atoms with Crippen LogP contribution in [0.5, 0.6) is 0 Å². The molecule has 0 unspecified atom stereocenters. The third-order valence-electron chi connectivity index (χ3n) is 3.00. The number of hydrogen-bond acceptors (Lipinski definition) is 3. The molecule has 23 heavy (non-hydrogen) atoms. The van der Waals surface area contributed by atoms with Gasteiger partial charge in [0.15, 0.2) is 0 Å². The lowest BCUT2D eigenvalue weighted by Crippen LogP contribution is -2.29. The van der Waals surface area contributed by atoms with Crippen molar-refractivity contribution in [2.75, 3.05) is 29.6 Å². The van der Waals surface area contributed by atoms with Crippen molar-refractivity contribution in [2.45, 2.75) is 0 Å². The van der Waals surface area contributed by atoms with E-state index in [1.807, 2.05) is 25.1 Å². The van der Waals surface area contributed by atoms with Crippen LogP contribution in [-0.4, -0.2) is 25.9 Å². The Morgan fingerprint density at radius 2 is 1.61 bits per heavy atom. The second-order valence-electron chi connectivity index (χ2n) is 4.98. The highest BCUT2D eigenvalue weighted by molar-refractivity contribution is 6.43. The summed E-state index contributed by atoms with van der Waals surface area (Å²) in [5.74, 6) is -2.31. The van der Waals surface area contributed by atoms with Crippen LogP contribution in [0.4, 0.5) is 21.5 Å². The van der Waals surface area contributed by atoms with Gasteiger partial charge in [0, 0.05) is 31.2 Å². The molecule has 0 aliphatic carbocycles. The zero-order chi connectivity index (χ0) is 17.0. The number of benzene rings is 2. The number of amides is 2. The van der Waals surface area contributed by atoms with Crippen LogP contribution in [0.3, 0.4) is 0 Å². The Bertz CT molecular complexity index is 750. The first-order valence-corrected chi connectivity index (χ1v) is 7.09. The van der Waals surface area contributed by atoms with E-state index in [0.717, 1.165) is 11.8 Å². The lowest BCUT2D eigenvalue weighted by atomic mass is 10.2. The van der Waals surface area contributed by atoms with Crippen LogP contribution in [0, 0.1) is 5.82 Å². The fourth-order valence-corrected chi connectivity index (χ4v) is 1.99. The number of nitrogens with one attached hydrogen (secondary N) is 2. The highest BCUT2D eigenvalue weighted by Gasteiger charge is 2.15. The van der Waals surface area contributed by atoms with Crippen LogP contribution in [0.25, 0.3) is 0 Å². The van der Waals surface area contributed by atoms with Crippen LogP contribution in [0.2, 0.25) is 5.02 Å². The largest absolute Gasteiger partial charge is 0.378 e. The highest BCUT2D eigenvalue weighted by Crippen LogP contribution is 2.20. The molecule has 0 atom stereocenters. The summed E-state index contributed by atoms with van der Waals surface area (Å²) in [5, 5.41) is 4.72. The third kappa shape index (κ3) is 4.43. The van der Waals surface area contributed by atoms with Crippen molar-refractivity contribution in [1.82, 2.24) is 0 Å². The van der Waals surface area contributed by atoms with Gasteiger partial charge in [0.25, 0.3) is 0 Å². The minimum absolute atomic E-state index is 0.137. The van der Waals surface area contributed by atoms with Crippen molar-refractivity contribution in [3.63, 3.8) is 0 Å². The predicted molar refractivity (Wildman–Crippen MR) is 89.4 cm³/mol. The molecule has 5 nitrogen and oxygen atoms in total. The first-order valence-electron chi connectivity index (χ1n) is 6.71. The zero-order valence-corrected chi connectivity index (χ0v) is 13.3. The quantitative estimate of drug-likeness (QED) is 0.847. The van der Waals surface area contributed by atoms with Gasteiger partial charge in [-0.3, -0.25) is 9.59 Å². The van der Waals surface area contributed by atoms with Gasteiger partial charge in [-0.05, 0) is 36.4 Å². The van der Waals surface area contributed by atoms with E-state index in [1.54, 1.807) is 18.2 Å². The molecule has 0 saturated heterocycles. The fraction of sp³-hybridized carbons (Fsp3) is 0.125. The van der Waals surface area contributed by atoms with E-state index in [2.05, 4.69) is 10.6 Å². The van der Waals surface area contributed by atoms with Crippen molar-refractivity contribution >= 4 is 40.5 Å². The molecular formula is C16H15ClFN3O2. The van der Waals surface area contributed by atoms with Crippen molar-refractivity contribution in [1.29, 1.82) is 0 Å². The van der Waals surface area contributed by atoms with E-state index in [0.29, 0.717) is 5.69 Å². The fourth-order valence-electron chi connectivity index (χ4n) is 1.81. The summed E-state index contributed by atoms with van der Waals surface area (Å²) >= 11 is 5.62. The minimum Gasteiger partial charge on any atom is -0.378 e. The van der Waals surface area contributed by atoms with Crippen molar-refractivity contribution < 1.29 is 14.0 Å². The minimum atomic E-state index is -0.872. The molecule has 7 heteroatoms. The maximum Gasteiger partial charge on any atom is 0.314 e. The molecule has 2 aromatic carbocycles. The molecule has 2 N–H and O–H groups in total. The molecule has 0 fully saturated rings. The van der Waals surface area contributed by atoms with Gasteiger partial charge in [0.05, 0.1) is 5.02 Å². The summed E-state index contributed by atoms with van der Waals surface area (Å²) in [4.78, 5) is 25.6. The van der Waals surface area contributed by atoms with Gasteiger partial charge in [-0.15, -0.1) is 0 Å². The Morgan fingerprint density at radius 1 is 1.00 bits per heavy atom. The van der Waals surface area contributed by atoms with E-state index in [4.69, 9.17) is 11.6 Å². The van der Waals surface area contributed by atoms with Crippen LogP contribution < -0.4 is 15.5 Å². The molecule has 120 valence electrons. The van der Waals surface area contributed by atoms with Crippen molar-refractivity contribution in [2.24, 2.45) is 0 Å². The molecule has 2 rings (SSSR count). The molecule has 0 aliphatic heterocycles. The second-order valence-corrected chi connectivity index (χ2v) is 5.39. The first kappa shape index (κ1) is 16.8. The number of carbonyl (C=O) groups is 2. The molecule has 0 radical (unpaired) electrons. The maximum absolute atomic E-state index is 13.1. The predicted octanol–water partition coefficient (Wildman–Crippen LogP) is 3.12. The Hall–Kier alpha value is -2.60. The van der Waals surface area contributed by atoms with Crippen molar-refractivity contribution in [3.8, 4) is 0 Å². The molecular weight excluding hydrogens is 321 g/mol. The van der Waals surface area contributed by atoms with E-state index < -0.39 is 17.6 Å². The van der Waals surface area contributed by atoms with Gasteiger partial charge in [0.2, 0.25) is 0 Å². The Balaban J connectivity index is 2.04. The SMILES string of the molecule is CN(C)c1cccc(NC(=O)C(=O)Nc2ccc(F)c(Cl)c2)c1. The third-order valence-corrected chi connectivity index (χ3v) is 3.29. The van der Waals surface area contributed by atoms with Gasteiger partial charge in [0.1, 0.15) is 5.82 Å². The van der Waals surface area contributed by atoms with Gasteiger partial charge in [-0.2, -0.15) is 0 Å². The van der Waals surface area contributed by atoms with Crippen LogP contribution in [0.15, 0.2) is 42.5 Å². The highest BCUT2D eigenvalue weighted by atomic mass is 35.5. The summed E-state index contributed by atoms with van der Waals surface area (Å²) in [5.41, 5.74) is 1.61. The standard InChI is InChI=1S/C16H15ClFN3O2/c1-21(2)12-5-3-4-10(8-12)19-15(22)16(23)20-11-6-7-14(18)13(17)9-11/h3-9H,1-2H3,(H,19,22)(H,20,23). The summed E-state index contributed by atoms with van der Waals surface area (Å²) in [6.45, 7) is 0. The number of hydrogen-bond donors (Lipinski definition) is 2. The molecule has 0 spiro atoms. The Labute approximate surface area is 138 Å². The van der Waals surface area contributed by atoms with Crippen molar-refractivity contribution in [3.05, 3.63) is 53.3 Å². The molecule has 2 aromatic rings. The first-order chi connectivity index (χ1) is 10.9. The van der Waals surface area contributed by atoms with Gasteiger partial charge < -0.3 is 15.5 Å². The van der Waals surface area contributed by atoms with Gasteiger partial charge in [-0.25, -0.2) is 4.39 Å². The van der Waals surface area contributed by atoms with E-state index in [-0.39, 0.29) is 10.7 Å². The molecule has 0 aromatic heterocycles. The van der Waals surface area contributed by atoms with E-state index in [9.17, 15) is 14.0 Å². The lowest BCUT2D eigenvalue weighted by Gasteiger charge is -2.14.